The van der Waals surface area contributed by atoms with Gasteiger partial charge >= 0.3 is 0 Å². The maximum absolute atomic E-state index is 12.4. The third kappa shape index (κ3) is 2.28. The monoisotopic (exact) mass is 284 g/mol. The van der Waals surface area contributed by atoms with Crippen LogP contribution in [0.1, 0.15) is 16.9 Å². The summed E-state index contributed by atoms with van der Waals surface area (Å²) >= 11 is 6.83. The highest BCUT2D eigenvalue weighted by Gasteiger charge is 2.12. The summed E-state index contributed by atoms with van der Waals surface area (Å²) in [6, 6.07) is 0. The number of aromatic amines is 1. The maximum Gasteiger partial charge on any atom is 0.263 e. The molecule has 0 spiro atoms. The van der Waals surface area contributed by atoms with Gasteiger partial charge in [-0.25, -0.2) is 0 Å². The number of nitrogens with zero attached hydrogens (tertiary/aromatic N) is 1. The van der Waals surface area contributed by atoms with Crippen molar-refractivity contribution in [2.45, 2.75) is 26.8 Å². The van der Waals surface area contributed by atoms with Gasteiger partial charge in [0.2, 0.25) is 0 Å². The minimum absolute atomic E-state index is 0.00621. The molecule has 0 amide bonds. The minimum atomic E-state index is 0.00621. The van der Waals surface area contributed by atoms with Gasteiger partial charge in [0.15, 0.2) is 4.77 Å². The first-order valence-electron chi connectivity index (χ1n) is 5.78. The first-order chi connectivity index (χ1) is 8.56. The maximum atomic E-state index is 12.4. The molecule has 0 atom stereocenters. The fourth-order valence-corrected chi connectivity index (χ4v) is 3.33. The van der Waals surface area contributed by atoms with E-state index in [9.17, 15) is 4.79 Å². The van der Waals surface area contributed by atoms with Crippen molar-refractivity contribution in [1.29, 1.82) is 0 Å². The van der Waals surface area contributed by atoms with E-state index in [0.717, 1.165) is 27.1 Å². The molecule has 18 heavy (non-hydrogen) atoms. The normalized spacial score (nSPS) is 11.3. The Kier molecular flexibility index (Phi) is 3.99. The summed E-state index contributed by atoms with van der Waals surface area (Å²) in [6.45, 7) is 5.21. The number of rotatable bonds is 4. The van der Waals surface area contributed by atoms with Crippen molar-refractivity contribution in [3.63, 3.8) is 0 Å². The van der Waals surface area contributed by atoms with Gasteiger partial charge in [-0.05, 0) is 38.0 Å². The molecule has 0 radical (unpaired) electrons. The molecule has 2 aromatic heterocycles. The van der Waals surface area contributed by atoms with Crippen molar-refractivity contribution in [3.8, 4) is 0 Å². The number of fused-ring (bicyclic) bond motifs is 1. The predicted molar refractivity (Wildman–Crippen MR) is 77.2 cm³/mol. The number of methoxy groups -OCH3 is 1. The fourth-order valence-electron chi connectivity index (χ4n) is 1.93. The van der Waals surface area contributed by atoms with E-state index in [0.29, 0.717) is 17.9 Å². The van der Waals surface area contributed by atoms with Gasteiger partial charge in [0.25, 0.3) is 5.56 Å². The number of aryl methyl sites for hydroxylation is 2. The van der Waals surface area contributed by atoms with Crippen LogP contribution in [0.25, 0.3) is 10.2 Å². The Morgan fingerprint density at radius 1 is 1.44 bits per heavy atom. The molecule has 2 aromatic rings. The first kappa shape index (κ1) is 13.5. The van der Waals surface area contributed by atoms with Crippen molar-refractivity contribution in [2.75, 3.05) is 13.7 Å². The molecule has 0 aliphatic heterocycles. The van der Waals surface area contributed by atoms with Crippen LogP contribution in [0.3, 0.4) is 0 Å². The second kappa shape index (κ2) is 5.34. The van der Waals surface area contributed by atoms with Crippen LogP contribution in [-0.4, -0.2) is 23.3 Å². The predicted octanol–water partition coefficient (Wildman–Crippen LogP) is 2.77. The van der Waals surface area contributed by atoms with E-state index in [4.69, 9.17) is 17.0 Å². The molecule has 0 aliphatic rings. The van der Waals surface area contributed by atoms with Crippen LogP contribution in [0.5, 0.6) is 0 Å². The van der Waals surface area contributed by atoms with Gasteiger partial charge in [-0.1, -0.05) is 0 Å². The highest BCUT2D eigenvalue weighted by Crippen LogP contribution is 2.25. The Balaban J connectivity index is 2.57. The van der Waals surface area contributed by atoms with E-state index >= 15 is 0 Å². The smallest absolute Gasteiger partial charge is 0.263 e. The molecule has 6 heteroatoms. The number of hydrogen-bond donors (Lipinski definition) is 1. The Labute approximate surface area is 114 Å². The molecular weight excluding hydrogens is 268 g/mol. The molecule has 1 N–H and O–H groups in total. The van der Waals surface area contributed by atoms with E-state index in [1.54, 1.807) is 23.0 Å². The van der Waals surface area contributed by atoms with Crippen molar-refractivity contribution in [1.82, 2.24) is 9.55 Å². The summed E-state index contributed by atoms with van der Waals surface area (Å²) in [7, 11) is 1.65. The molecular formula is C12H16N2O2S2. The quantitative estimate of drug-likeness (QED) is 0.693. The van der Waals surface area contributed by atoms with Gasteiger partial charge in [-0.15, -0.1) is 11.3 Å². The third-order valence-electron chi connectivity index (χ3n) is 3.04. The van der Waals surface area contributed by atoms with Gasteiger partial charge in [0, 0.05) is 25.1 Å². The summed E-state index contributed by atoms with van der Waals surface area (Å²) < 4.78 is 7.11. The lowest BCUT2D eigenvalue weighted by Crippen LogP contribution is -2.22. The number of aromatic nitrogens is 2. The van der Waals surface area contributed by atoms with Crippen molar-refractivity contribution >= 4 is 33.8 Å². The van der Waals surface area contributed by atoms with Gasteiger partial charge in [-0.2, -0.15) is 0 Å². The first-order valence-corrected chi connectivity index (χ1v) is 7.00. The topological polar surface area (TPSA) is 47.0 Å². The molecule has 0 saturated carbocycles. The second-order valence-electron chi connectivity index (χ2n) is 4.22. The molecule has 0 unspecified atom stereocenters. The summed E-state index contributed by atoms with van der Waals surface area (Å²) in [4.78, 5) is 17.6. The largest absolute Gasteiger partial charge is 0.385 e. The highest BCUT2D eigenvalue weighted by molar-refractivity contribution is 7.71. The van der Waals surface area contributed by atoms with Crippen molar-refractivity contribution < 1.29 is 4.74 Å². The van der Waals surface area contributed by atoms with E-state index in [-0.39, 0.29) is 5.56 Å². The number of nitrogens with one attached hydrogen (secondary N) is 1. The van der Waals surface area contributed by atoms with E-state index in [2.05, 4.69) is 4.98 Å². The van der Waals surface area contributed by atoms with Crippen LogP contribution in [0.15, 0.2) is 4.79 Å². The molecule has 0 aliphatic carbocycles. The second-order valence-corrected chi connectivity index (χ2v) is 5.83. The standard InChI is InChI=1S/C12H16N2O2S2/c1-7-8(2)18-10-9(7)11(15)14(12(17)13-10)5-4-6-16-3/h4-6H2,1-3H3,(H,13,17). The Hall–Kier alpha value is -0.980. The summed E-state index contributed by atoms with van der Waals surface area (Å²) in [6.07, 6.45) is 0.779. The third-order valence-corrected chi connectivity index (χ3v) is 4.49. The van der Waals surface area contributed by atoms with E-state index in [1.165, 1.54) is 0 Å². The molecule has 2 heterocycles. The lowest BCUT2D eigenvalue weighted by molar-refractivity contribution is 0.189. The number of ether oxygens (including phenoxy) is 1. The van der Waals surface area contributed by atoms with Crippen LogP contribution in [0.2, 0.25) is 0 Å². The van der Waals surface area contributed by atoms with Crippen LogP contribution >= 0.6 is 23.6 Å². The van der Waals surface area contributed by atoms with Gasteiger partial charge < -0.3 is 9.72 Å². The average Bonchev–Trinajstić information content (AvgIpc) is 2.59. The average molecular weight is 284 g/mol. The SMILES string of the molecule is COCCCn1c(=S)[nH]c2sc(C)c(C)c2c1=O. The van der Waals surface area contributed by atoms with Gasteiger partial charge in [0.05, 0.1) is 5.39 Å². The lowest BCUT2D eigenvalue weighted by Gasteiger charge is -2.06. The Bertz CT molecular complexity index is 682. The zero-order chi connectivity index (χ0) is 13.3. The van der Waals surface area contributed by atoms with E-state index < -0.39 is 0 Å². The molecule has 0 bridgehead atoms. The Morgan fingerprint density at radius 3 is 2.83 bits per heavy atom. The Morgan fingerprint density at radius 2 is 2.17 bits per heavy atom. The number of thiophene rings is 1. The zero-order valence-electron chi connectivity index (χ0n) is 10.7. The molecule has 0 fully saturated rings. The summed E-state index contributed by atoms with van der Waals surface area (Å²) in [5, 5.41) is 0.767. The van der Waals surface area contributed by atoms with Gasteiger partial charge in [-0.3, -0.25) is 9.36 Å². The van der Waals surface area contributed by atoms with Crippen LogP contribution < -0.4 is 5.56 Å². The minimum Gasteiger partial charge on any atom is -0.385 e. The summed E-state index contributed by atoms with van der Waals surface area (Å²) in [5.41, 5.74) is 1.05. The number of hydrogen-bond acceptors (Lipinski definition) is 4. The number of H-pyrrole nitrogens is 1. The van der Waals surface area contributed by atoms with Crippen molar-refractivity contribution in [2.24, 2.45) is 0 Å². The van der Waals surface area contributed by atoms with Crippen LogP contribution in [-0.2, 0) is 11.3 Å². The fraction of sp³-hybridized carbons (Fsp3) is 0.500. The van der Waals surface area contributed by atoms with Crippen LogP contribution in [0, 0.1) is 18.6 Å². The molecule has 2 rings (SSSR count). The molecule has 0 saturated heterocycles. The zero-order valence-corrected chi connectivity index (χ0v) is 12.3. The molecule has 0 aromatic carbocycles. The van der Waals surface area contributed by atoms with Crippen molar-refractivity contribution in [3.05, 3.63) is 25.6 Å². The molecule has 98 valence electrons. The highest BCUT2D eigenvalue weighted by atomic mass is 32.1. The van der Waals surface area contributed by atoms with Gasteiger partial charge in [0.1, 0.15) is 4.83 Å². The lowest BCUT2D eigenvalue weighted by atomic mass is 10.2. The van der Waals surface area contributed by atoms with Crippen LogP contribution in [0.4, 0.5) is 0 Å². The van der Waals surface area contributed by atoms with E-state index in [1.807, 2.05) is 13.8 Å². The summed E-state index contributed by atoms with van der Waals surface area (Å²) in [5.74, 6) is 0. The molecule has 4 nitrogen and oxygen atoms in total.